The Bertz CT molecular complexity index is 290. The first-order chi connectivity index (χ1) is 7.94. The van der Waals surface area contributed by atoms with E-state index in [1.54, 1.807) is 6.08 Å². The van der Waals surface area contributed by atoms with Crippen molar-refractivity contribution < 1.29 is 14.3 Å². The van der Waals surface area contributed by atoms with Gasteiger partial charge in [0.2, 0.25) is 0 Å². The minimum absolute atomic E-state index is 0.103. The molecule has 0 aliphatic heterocycles. The van der Waals surface area contributed by atoms with E-state index in [4.69, 9.17) is 16.2 Å². The summed E-state index contributed by atoms with van der Waals surface area (Å²) in [7, 11) is 0. The Hall–Kier alpha value is -1.27. The number of carboxylic acids is 1. The van der Waals surface area contributed by atoms with Crippen molar-refractivity contribution in [1.82, 2.24) is 5.32 Å². The van der Waals surface area contributed by atoms with Crippen molar-refractivity contribution in [3.8, 4) is 0 Å². The molecule has 0 spiro atoms. The summed E-state index contributed by atoms with van der Waals surface area (Å²) in [5, 5.41) is 18.5. The van der Waals surface area contributed by atoms with E-state index in [1.165, 1.54) is 13.1 Å². The molecule has 5 nitrogen and oxygen atoms in total. The van der Waals surface area contributed by atoms with Crippen LogP contribution in [-0.2, 0) is 4.79 Å². The van der Waals surface area contributed by atoms with Crippen molar-refractivity contribution >= 4 is 12.2 Å². The standard InChI is InChI=1S/C11H20FN3O2/c1-11(14,10(16)17)4-2-9(8-12)3-6-15-7-5-13/h2,5,13,15H,3-4,6-8,14H2,1H3,(H,16,17)/b9-2-,13-5?/t11-/m0/s1. The van der Waals surface area contributed by atoms with Crippen LogP contribution < -0.4 is 11.1 Å². The number of alkyl halides is 1. The average Bonchev–Trinajstić information content (AvgIpc) is 2.28. The lowest BCUT2D eigenvalue weighted by Crippen LogP contribution is -2.44. The maximum absolute atomic E-state index is 12.6. The first-order valence-electron chi connectivity index (χ1n) is 5.40. The van der Waals surface area contributed by atoms with Crippen LogP contribution in [0, 0.1) is 5.41 Å². The third-order valence-corrected chi connectivity index (χ3v) is 2.34. The summed E-state index contributed by atoms with van der Waals surface area (Å²) in [6.07, 6.45) is 3.35. The molecule has 0 saturated carbocycles. The molecular formula is C11H20FN3O2. The predicted octanol–water partition coefficient (Wildman–Crippen LogP) is 0.704. The lowest BCUT2D eigenvalue weighted by Gasteiger charge is -2.17. The van der Waals surface area contributed by atoms with E-state index in [2.05, 4.69) is 5.32 Å². The molecule has 98 valence electrons. The molecule has 0 aromatic rings. The molecule has 0 unspecified atom stereocenters. The smallest absolute Gasteiger partial charge is 0.323 e. The van der Waals surface area contributed by atoms with Gasteiger partial charge in [0.25, 0.3) is 0 Å². The Kier molecular flexibility index (Phi) is 7.32. The highest BCUT2D eigenvalue weighted by molar-refractivity contribution is 5.78. The molecule has 0 heterocycles. The number of aliphatic carboxylic acids is 1. The topological polar surface area (TPSA) is 99.2 Å². The highest BCUT2D eigenvalue weighted by Crippen LogP contribution is 2.11. The largest absolute Gasteiger partial charge is 0.480 e. The van der Waals surface area contributed by atoms with Gasteiger partial charge in [0, 0.05) is 12.8 Å². The van der Waals surface area contributed by atoms with Crippen molar-refractivity contribution in [3.63, 3.8) is 0 Å². The second-order valence-electron chi connectivity index (χ2n) is 4.08. The molecule has 0 saturated heterocycles. The maximum atomic E-state index is 12.6. The van der Waals surface area contributed by atoms with Crippen LogP contribution in [0.1, 0.15) is 19.8 Å². The summed E-state index contributed by atoms with van der Waals surface area (Å²) in [5.74, 6) is -1.10. The zero-order valence-corrected chi connectivity index (χ0v) is 10.0. The van der Waals surface area contributed by atoms with E-state index in [1.807, 2.05) is 0 Å². The molecule has 0 amide bonds. The van der Waals surface area contributed by atoms with Crippen molar-refractivity contribution in [2.45, 2.75) is 25.3 Å². The molecule has 6 heteroatoms. The van der Waals surface area contributed by atoms with Crippen LogP contribution in [0.5, 0.6) is 0 Å². The van der Waals surface area contributed by atoms with E-state index in [0.717, 1.165) is 0 Å². The van der Waals surface area contributed by atoms with Gasteiger partial charge < -0.3 is 21.6 Å². The van der Waals surface area contributed by atoms with Crippen LogP contribution in [0.15, 0.2) is 11.6 Å². The zero-order valence-electron chi connectivity index (χ0n) is 10.0. The number of rotatable bonds is 9. The van der Waals surface area contributed by atoms with Gasteiger partial charge >= 0.3 is 5.97 Å². The fraction of sp³-hybridized carbons (Fsp3) is 0.636. The highest BCUT2D eigenvalue weighted by Gasteiger charge is 2.26. The molecular weight excluding hydrogens is 225 g/mol. The number of carboxylic acid groups (broad SMARTS) is 1. The van der Waals surface area contributed by atoms with Gasteiger partial charge in [-0.15, -0.1) is 0 Å². The second kappa shape index (κ2) is 7.92. The molecule has 0 bridgehead atoms. The van der Waals surface area contributed by atoms with Gasteiger partial charge in [0.15, 0.2) is 0 Å². The average molecular weight is 245 g/mol. The molecule has 0 aliphatic rings. The summed E-state index contributed by atoms with van der Waals surface area (Å²) < 4.78 is 12.6. The van der Waals surface area contributed by atoms with E-state index in [0.29, 0.717) is 25.1 Å². The van der Waals surface area contributed by atoms with Gasteiger partial charge in [0.1, 0.15) is 12.2 Å². The third kappa shape index (κ3) is 6.80. The molecule has 0 radical (unpaired) electrons. The van der Waals surface area contributed by atoms with E-state index >= 15 is 0 Å². The van der Waals surface area contributed by atoms with Crippen LogP contribution in [0.3, 0.4) is 0 Å². The molecule has 0 fully saturated rings. The monoisotopic (exact) mass is 245 g/mol. The number of hydrogen-bond donors (Lipinski definition) is 4. The Morgan fingerprint density at radius 2 is 2.29 bits per heavy atom. The van der Waals surface area contributed by atoms with E-state index in [9.17, 15) is 9.18 Å². The second-order valence-corrected chi connectivity index (χ2v) is 4.08. The number of carbonyl (C=O) groups is 1. The summed E-state index contributed by atoms with van der Waals surface area (Å²) in [4.78, 5) is 10.7. The van der Waals surface area contributed by atoms with Crippen molar-refractivity contribution in [2.75, 3.05) is 19.8 Å². The van der Waals surface area contributed by atoms with Gasteiger partial charge in [-0.05, 0) is 31.9 Å². The molecule has 0 aromatic heterocycles. The number of hydrogen-bond acceptors (Lipinski definition) is 4. The van der Waals surface area contributed by atoms with Crippen molar-refractivity contribution in [2.24, 2.45) is 5.73 Å². The summed E-state index contributed by atoms with van der Waals surface area (Å²) in [6, 6.07) is 0. The fourth-order valence-corrected chi connectivity index (χ4v) is 1.09. The van der Waals surface area contributed by atoms with E-state index in [-0.39, 0.29) is 6.42 Å². The van der Waals surface area contributed by atoms with Gasteiger partial charge in [-0.3, -0.25) is 4.79 Å². The predicted molar refractivity (Wildman–Crippen MR) is 65.2 cm³/mol. The summed E-state index contributed by atoms with van der Waals surface area (Å²) >= 11 is 0. The molecule has 1 atom stereocenters. The Morgan fingerprint density at radius 3 is 2.76 bits per heavy atom. The van der Waals surface area contributed by atoms with Crippen LogP contribution in [0.2, 0.25) is 0 Å². The Labute approximate surface area is 100 Å². The number of nitrogens with one attached hydrogen (secondary N) is 2. The number of nitrogens with two attached hydrogens (primary N) is 1. The normalized spacial score (nSPS) is 15.4. The molecule has 17 heavy (non-hydrogen) atoms. The van der Waals surface area contributed by atoms with Crippen LogP contribution in [0.25, 0.3) is 0 Å². The zero-order chi connectivity index (χ0) is 13.3. The molecule has 0 aromatic carbocycles. The molecule has 0 rings (SSSR count). The van der Waals surface area contributed by atoms with Crippen LogP contribution in [-0.4, -0.2) is 42.6 Å². The van der Waals surface area contributed by atoms with Crippen LogP contribution >= 0.6 is 0 Å². The molecule has 5 N–H and O–H groups in total. The Morgan fingerprint density at radius 1 is 1.65 bits per heavy atom. The SMILES string of the molecule is C[C@](N)(C/C=C(\CF)CCNCC=N)C(=O)O. The fourth-order valence-electron chi connectivity index (χ4n) is 1.09. The summed E-state index contributed by atoms with van der Waals surface area (Å²) in [6.45, 7) is 1.79. The van der Waals surface area contributed by atoms with Crippen LogP contribution in [0.4, 0.5) is 4.39 Å². The lowest BCUT2D eigenvalue weighted by atomic mass is 9.97. The maximum Gasteiger partial charge on any atom is 0.323 e. The van der Waals surface area contributed by atoms with Crippen molar-refractivity contribution in [3.05, 3.63) is 11.6 Å². The van der Waals surface area contributed by atoms with Crippen molar-refractivity contribution in [1.29, 1.82) is 5.41 Å². The number of halogens is 1. The minimum Gasteiger partial charge on any atom is -0.480 e. The Balaban J connectivity index is 4.17. The first kappa shape index (κ1) is 15.7. The summed E-state index contributed by atoms with van der Waals surface area (Å²) in [5.41, 5.74) is 4.70. The molecule has 0 aliphatic carbocycles. The van der Waals surface area contributed by atoms with Gasteiger partial charge in [-0.2, -0.15) is 0 Å². The third-order valence-electron chi connectivity index (χ3n) is 2.34. The van der Waals surface area contributed by atoms with Gasteiger partial charge in [-0.25, -0.2) is 4.39 Å². The van der Waals surface area contributed by atoms with Gasteiger partial charge in [-0.1, -0.05) is 6.08 Å². The highest BCUT2D eigenvalue weighted by atomic mass is 19.1. The van der Waals surface area contributed by atoms with E-state index < -0.39 is 18.2 Å². The van der Waals surface area contributed by atoms with Gasteiger partial charge in [0.05, 0.1) is 0 Å². The quantitative estimate of drug-likeness (QED) is 0.273. The lowest BCUT2D eigenvalue weighted by molar-refractivity contribution is -0.142. The first-order valence-corrected chi connectivity index (χ1v) is 5.40. The minimum atomic E-state index is -1.36.